The van der Waals surface area contributed by atoms with E-state index in [4.69, 9.17) is 9.84 Å². The van der Waals surface area contributed by atoms with Gasteiger partial charge in [-0.25, -0.2) is 13.2 Å². The number of hydrogen-bond acceptors (Lipinski definition) is 5. The van der Waals surface area contributed by atoms with E-state index in [1.165, 1.54) is 32.2 Å². The number of sulfone groups is 1. The minimum Gasteiger partial charge on any atom is -0.497 e. The highest BCUT2D eigenvalue weighted by atomic mass is 32.2. The number of rotatable bonds is 5. The summed E-state index contributed by atoms with van der Waals surface area (Å²) in [4.78, 5) is 22.9. The van der Waals surface area contributed by atoms with Gasteiger partial charge in [0.25, 0.3) is 0 Å². The molecule has 0 spiro atoms. The van der Waals surface area contributed by atoms with Crippen LogP contribution in [0.2, 0.25) is 0 Å². The third-order valence-electron chi connectivity index (χ3n) is 2.73. The highest BCUT2D eigenvalue weighted by Gasteiger charge is 2.25. The van der Waals surface area contributed by atoms with Crippen LogP contribution >= 0.6 is 0 Å². The van der Waals surface area contributed by atoms with Crippen LogP contribution in [0, 0.1) is 0 Å². The van der Waals surface area contributed by atoms with E-state index < -0.39 is 27.0 Å². The largest absolute Gasteiger partial charge is 0.497 e. The Morgan fingerprint density at radius 1 is 1.35 bits per heavy atom. The summed E-state index contributed by atoms with van der Waals surface area (Å²) in [5.41, 5.74) is -0.169. The molecule has 0 aliphatic rings. The van der Waals surface area contributed by atoms with Gasteiger partial charge in [-0.3, -0.25) is 4.79 Å². The predicted octanol–water partition coefficient (Wildman–Crippen LogP) is 0.765. The van der Waals surface area contributed by atoms with E-state index in [2.05, 4.69) is 5.32 Å². The normalized spacial score (nSPS) is 12.6. The molecule has 1 unspecified atom stereocenters. The fourth-order valence-corrected chi connectivity index (χ4v) is 1.82. The summed E-state index contributed by atoms with van der Waals surface area (Å²) in [6, 6.07) is 4.01. The second-order valence-corrected chi connectivity index (χ2v) is 6.54. The van der Waals surface area contributed by atoms with E-state index in [0.717, 1.165) is 6.26 Å². The van der Waals surface area contributed by atoms with E-state index in [1.54, 1.807) is 0 Å². The molecule has 8 heteroatoms. The van der Waals surface area contributed by atoms with Gasteiger partial charge in [0.2, 0.25) is 5.91 Å². The monoisotopic (exact) mass is 301 g/mol. The molecule has 0 aliphatic heterocycles. The number of carboxylic acids is 1. The summed E-state index contributed by atoms with van der Waals surface area (Å²) in [5.74, 6) is -1.70. The maximum atomic E-state index is 11.8. The minimum atomic E-state index is -3.56. The van der Waals surface area contributed by atoms with E-state index in [0.29, 0.717) is 5.75 Å². The van der Waals surface area contributed by atoms with Crippen LogP contribution in [-0.2, 0) is 14.6 Å². The van der Waals surface area contributed by atoms with Crippen LogP contribution in [0.25, 0.3) is 0 Å². The SMILES string of the molecule is COc1ccc(C(=O)O)c(NC(=O)C(C)S(C)(=O)=O)c1. The molecule has 1 amide bonds. The number of carbonyl (C=O) groups is 2. The number of carboxylic acid groups (broad SMARTS) is 1. The van der Waals surface area contributed by atoms with Crippen LogP contribution < -0.4 is 10.1 Å². The first kappa shape index (κ1) is 16.0. The molecule has 0 radical (unpaired) electrons. The smallest absolute Gasteiger partial charge is 0.337 e. The van der Waals surface area contributed by atoms with Crippen molar-refractivity contribution in [1.82, 2.24) is 0 Å². The molecule has 20 heavy (non-hydrogen) atoms. The lowest BCUT2D eigenvalue weighted by Gasteiger charge is -2.13. The summed E-state index contributed by atoms with van der Waals surface area (Å²) in [5, 5.41) is 10.0. The average Bonchev–Trinajstić information content (AvgIpc) is 2.36. The molecule has 0 saturated carbocycles. The first-order valence-electron chi connectivity index (χ1n) is 5.58. The van der Waals surface area contributed by atoms with Crippen molar-refractivity contribution in [1.29, 1.82) is 0 Å². The Morgan fingerprint density at radius 2 is 1.95 bits per heavy atom. The number of carbonyl (C=O) groups excluding carboxylic acids is 1. The van der Waals surface area contributed by atoms with Crippen LogP contribution in [0.1, 0.15) is 17.3 Å². The summed E-state index contributed by atoms with van der Waals surface area (Å²) in [7, 11) is -2.17. The molecule has 110 valence electrons. The Labute approximate surface area is 116 Å². The molecule has 0 fully saturated rings. The Kier molecular flexibility index (Phi) is 4.72. The van der Waals surface area contributed by atoms with Crippen LogP contribution in [0.15, 0.2) is 18.2 Å². The molecule has 1 atom stereocenters. The van der Waals surface area contributed by atoms with Gasteiger partial charge in [0.1, 0.15) is 11.0 Å². The highest BCUT2D eigenvalue weighted by Crippen LogP contribution is 2.23. The lowest BCUT2D eigenvalue weighted by molar-refractivity contribution is -0.115. The first-order chi connectivity index (χ1) is 9.16. The Bertz CT molecular complexity index is 637. The van der Waals surface area contributed by atoms with E-state index in [1.807, 2.05) is 0 Å². The van der Waals surface area contributed by atoms with Crippen LogP contribution in [-0.4, -0.2) is 44.0 Å². The molecule has 1 aromatic carbocycles. The lowest BCUT2D eigenvalue weighted by atomic mass is 10.1. The molecule has 0 aliphatic carbocycles. The zero-order valence-corrected chi connectivity index (χ0v) is 12.0. The number of aromatic carboxylic acids is 1. The molecule has 1 rings (SSSR count). The number of benzene rings is 1. The van der Waals surface area contributed by atoms with Gasteiger partial charge in [0, 0.05) is 12.3 Å². The van der Waals surface area contributed by atoms with Gasteiger partial charge in [-0.05, 0) is 19.1 Å². The average molecular weight is 301 g/mol. The minimum absolute atomic E-state index is 0.0163. The van der Waals surface area contributed by atoms with Crippen LogP contribution in [0.5, 0.6) is 5.75 Å². The van der Waals surface area contributed by atoms with Crippen molar-refractivity contribution in [3.05, 3.63) is 23.8 Å². The van der Waals surface area contributed by atoms with Crippen molar-refractivity contribution in [2.24, 2.45) is 0 Å². The van der Waals surface area contributed by atoms with Crippen molar-refractivity contribution in [2.45, 2.75) is 12.2 Å². The second-order valence-electron chi connectivity index (χ2n) is 4.18. The van der Waals surface area contributed by atoms with Crippen LogP contribution in [0.4, 0.5) is 5.69 Å². The number of nitrogens with one attached hydrogen (secondary N) is 1. The van der Waals surface area contributed by atoms with Crippen molar-refractivity contribution < 1.29 is 27.9 Å². The Balaban J connectivity index is 3.13. The van der Waals surface area contributed by atoms with Crippen molar-refractivity contribution >= 4 is 27.4 Å². The van der Waals surface area contributed by atoms with Crippen molar-refractivity contribution in [2.75, 3.05) is 18.7 Å². The molecule has 0 heterocycles. The maximum absolute atomic E-state index is 11.8. The predicted molar refractivity (Wildman–Crippen MR) is 72.9 cm³/mol. The summed E-state index contributed by atoms with van der Waals surface area (Å²) in [6.45, 7) is 1.23. The van der Waals surface area contributed by atoms with E-state index in [-0.39, 0.29) is 11.3 Å². The number of anilines is 1. The van der Waals surface area contributed by atoms with Gasteiger partial charge in [-0.2, -0.15) is 0 Å². The third kappa shape index (κ3) is 3.70. The zero-order valence-electron chi connectivity index (χ0n) is 11.2. The summed E-state index contributed by atoms with van der Waals surface area (Å²) >= 11 is 0. The van der Waals surface area contributed by atoms with Gasteiger partial charge in [-0.1, -0.05) is 0 Å². The summed E-state index contributed by atoms with van der Waals surface area (Å²) < 4.78 is 27.5. The molecule has 7 nitrogen and oxygen atoms in total. The zero-order chi connectivity index (χ0) is 15.5. The lowest BCUT2D eigenvalue weighted by Crippen LogP contribution is -2.32. The van der Waals surface area contributed by atoms with E-state index >= 15 is 0 Å². The van der Waals surface area contributed by atoms with E-state index in [9.17, 15) is 18.0 Å². The quantitative estimate of drug-likeness (QED) is 0.831. The second kappa shape index (κ2) is 5.91. The third-order valence-corrected chi connectivity index (χ3v) is 4.23. The standard InChI is InChI=1S/C12H15NO6S/c1-7(20(3,17)18)11(14)13-10-6-8(19-2)4-5-9(10)12(15)16/h4-7H,1-3H3,(H,13,14)(H,15,16). The number of hydrogen-bond donors (Lipinski definition) is 2. The molecular weight excluding hydrogens is 286 g/mol. The van der Waals surface area contributed by atoms with Crippen molar-refractivity contribution in [3.8, 4) is 5.75 Å². The topological polar surface area (TPSA) is 110 Å². The molecule has 1 aromatic rings. The maximum Gasteiger partial charge on any atom is 0.337 e. The van der Waals surface area contributed by atoms with Gasteiger partial charge in [-0.15, -0.1) is 0 Å². The molecular formula is C12H15NO6S. The number of ether oxygens (including phenoxy) is 1. The molecule has 0 aromatic heterocycles. The fourth-order valence-electron chi connectivity index (χ4n) is 1.37. The van der Waals surface area contributed by atoms with Gasteiger partial charge < -0.3 is 15.2 Å². The van der Waals surface area contributed by atoms with Gasteiger partial charge >= 0.3 is 5.97 Å². The first-order valence-corrected chi connectivity index (χ1v) is 7.53. The highest BCUT2D eigenvalue weighted by molar-refractivity contribution is 7.92. The van der Waals surface area contributed by atoms with Crippen molar-refractivity contribution in [3.63, 3.8) is 0 Å². The number of amides is 1. The fraction of sp³-hybridized carbons (Fsp3) is 0.333. The molecule has 0 bridgehead atoms. The summed E-state index contributed by atoms with van der Waals surface area (Å²) in [6.07, 6.45) is 0.931. The van der Waals surface area contributed by atoms with Crippen LogP contribution in [0.3, 0.4) is 0 Å². The van der Waals surface area contributed by atoms with Gasteiger partial charge in [0.05, 0.1) is 18.4 Å². The van der Waals surface area contributed by atoms with Gasteiger partial charge in [0.15, 0.2) is 9.84 Å². The Morgan fingerprint density at radius 3 is 2.40 bits per heavy atom. The molecule has 0 saturated heterocycles. The number of methoxy groups -OCH3 is 1. The Hall–Kier alpha value is -2.09. The molecule has 2 N–H and O–H groups in total.